The topological polar surface area (TPSA) is 44.1 Å². The summed E-state index contributed by atoms with van der Waals surface area (Å²) in [6.07, 6.45) is 2.06. The van der Waals surface area contributed by atoms with E-state index in [-0.39, 0.29) is 11.8 Å². The lowest BCUT2D eigenvalue weighted by molar-refractivity contribution is 0.0926. The van der Waals surface area contributed by atoms with Crippen LogP contribution in [0.15, 0.2) is 6.20 Å². The van der Waals surface area contributed by atoms with E-state index in [4.69, 9.17) is 4.74 Å². The van der Waals surface area contributed by atoms with Gasteiger partial charge in [0.1, 0.15) is 0 Å². The third kappa shape index (κ3) is 1.22. The molecule has 4 nitrogen and oxygen atoms in total. The standard InChI is InChI=1S/C9H12N2O2/c1-6(2)11-9-7(5-10-11)8(12)3-4-13-9/h5-6H,3-4H2,1-2H3. The van der Waals surface area contributed by atoms with Crippen molar-refractivity contribution in [2.75, 3.05) is 6.61 Å². The fourth-order valence-electron chi connectivity index (χ4n) is 1.43. The van der Waals surface area contributed by atoms with Crippen molar-refractivity contribution in [3.05, 3.63) is 11.8 Å². The summed E-state index contributed by atoms with van der Waals surface area (Å²) in [5.74, 6) is 0.763. The number of carbonyl (C=O) groups is 1. The van der Waals surface area contributed by atoms with Crippen LogP contribution >= 0.6 is 0 Å². The maximum Gasteiger partial charge on any atom is 0.223 e. The number of rotatable bonds is 1. The zero-order valence-corrected chi connectivity index (χ0v) is 7.78. The quantitative estimate of drug-likeness (QED) is 0.656. The zero-order chi connectivity index (χ0) is 9.42. The minimum atomic E-state index is 0.133. The molecule has 1 aromatic rings. The Bertz CT molecular complexity index is 341. The number of nitrogens with zero attached hydrogens (tertiary/aromatic N) is 2. The minimum absolute atomic E-state index is 0.133. The average molecular weight is 180 g/mol. The van der Waals surface area contributed by atoms with Crippen LogP contribution in [0.3, 0.4) is 0 Å². The lowest BCUT2D eigenvalue weighted by Crippen LogP contribution is -2.17. The predicted octanol–water partition coefficient (Wildman–Crippen LogP) is 1.43. The van der Waals surface area contributed by atoms with Gasteiger partial charge in [0.05, 0.1) is 24.4 Å². The Morgan fingerprint density at radius 3 is 3.08 bits per heavy atom. The van der Waals surface area contributed by atoms with Crippen molar-refractivity contribution in [1.82, 2.24) is 9.78 Å². The van der Waals surface area contributed by atoms with Crippen LogP contribution in [0.4, 0.5) is 0 Å². The first-order valence-electron chi connectivity index (χ1n) is 4.43. The third-order valence-corrected chi connectivity index (χ3v) is 2.11. The fourth-order valence-corrected chi connectivity index (χ4v) is 1.43. The van der Waals surface area contributed by atoms with Gasteiger partial charge in [0, 0.05) is 6.42 Å². The van der Waals surface area contributed by atoms with Crippen LogP contribution in [-0.4, -0.2) is 22.2 Å². The van der Waals surface area contributed by atoms with E-state index in [0.717, 1.165) is 0 Å². The minimum Gasteiger partial charge on any atom is -0.477 e. The molecule has 0 radical (unpaired) electrons. The Morgan fingerprint density at radius 1 is 1.62 bits per heavy atom. The Kier molecular flexibility index (Phi) is 1.83. The average Bonchev–Trinajstić information content (AvgIpc) is 2.48. The molecule has 1 aliphatic heterocycles. The van der Waals surface area contributed by atoms with Crippen molar-refractivity contribution in [3.8, 4) is 5.88 Å². The summed E-state index contributed by atoms with van der Waals surface area (Å²) in [7, 11) is 0. The van der Waals surface area contributed by atoms with Crippen molar-refractivity contribution in [1.29, 1.82) is 0 Å². The smallest absolute Gasteiger partial charge is 0.223 e. The highest BCUT2D eigenvalue weighted by atomic mass is 16.5. The van der Waals surface area contributed by atoms with Gasteiger partial charge in [-0.25, -0.2) is 4.68 Å². The van der Waals surface area contributed by atoms with Crippen LogP contribution in [0, 0.1) is 0 Å². The Labute approximate surface area is 76.5 Å². The molecule has 0 atom stereocenters. The van der Waals surface area contributed by atoms with Gasteiger partial charge >= 0.3 is 0 Å². The monoisotopic (exact) mass is 180 g/mol. The van der Waals surface area contributed by atoms with E-state index < -0.39 is 0 Å². The lowest BCUT2D eigenvalue weighted by atomic mass is 10.1. The van der Waals surface area contributed by atoms with E-state index in [1.54, 1.807) is 10.9 Å². The summed E-state index contributed by atoms with van der Waals surface area (Å²) >= 11 is 0. The summed E-state index contributed by atoms with van der Waals surface area (Å²) in [6, 6.07) is 0.231. The normalized spacial score (nSPS) is 15.8. The van der Waals surface area contributed by atoms with Gasteiger partial charge in [0.2, 0.25) is 5.88 Å². The summed E-state index contributed by atoms with van der Waals surface area (Å²) in [6.45, 7) is 4.50. The first-order valence-corrected chi connectivity index (χ1v) is 4.43. The molecule has 0 aliphatic carbocycles. The molecule has 70 valence electrons. The number of aromatic nitrogens is 2. The molecule has 2 heterocycles. The Morgan fingerprint density at radius 2 is 2.38 bits per heavy atom. The highest BCUT2D eigenvalue weighted by Crippen LogP contribution is 2.26. The van der Waals surface area contributed by atoms with Crippen LogP contribution in [0.2, 0.25) is 0 Å². The summed E-state index contributed by atoms with van der Waals surface area (Å²) < 4.78 is 7.15. The molecular weight excluding hydrogens is 168 g/mol. The summed E-state index contributed by atoms with van der Waals surface area (Å²) in [4.78, 5) is 11.4. The first-order chi connectivity index (χ1) is 6.20. The van der Waals surface area contributed by atoms with E-state index in [1.807, 2.05) is 13.8 Å². The second kappa shape index (κ2) is 2.87. The van der Waals surface area contributed by atoms with E-state index in [0.29, 0.717) is 24.5 Å². The van der Waals surface area contributed by atoms with Gasteiger partial charge in [-0.05, 0) is 13.8 Å². The van der Waals surface area contributed by atoms with E-state index in [2.05, 4.69) is 5.10 Å². The molecule has 0 fully saturated rings. The number of carbonyl (C=O) groups excluding carboxylic acids is 1. The molecule has 0 saturated carbocycles. The second-order valence-corrected chi connectivity index (χ2v) is 3.42. The molecule has 0 amide bonds. The Balaban J connectivity index is 2.47. The molecule has 13 heavy (non-hydrogen) atoms. The Hall–Kier alpha value is -1.32. The number of fused-ring (bicyclic) bond motifs is 1. The van der Waals surface area contributed by atoms with Gasteiger partial charge in [0.15, 0.2) is 5.78 Å². The SMILES string of the molecule is CC(C)n1ncc2c1OCCC2=O. The molecule has 0 unspecified atom stereocenters. The van der Waals surface area contributed by atoms with Crippen LogP contribution < -0.4 is 4.74 Å². The third-order valence-electron chi connectivity index (χ3n) is 2.11. The fraction of sp³-hybridized carbons (Fsp3) is 0.556. The molecular formula is C9H12N2O2. The van der Waals surface area contributed by atoms with Crippen LogP contribution in [-0.2, 0) is 0 Å². The maximum atomic E-state index is 11.4. The highest BCUT2D eigenvalue weighted by molar-refractivity contribution is 5.98. The van der Waals surface area contributed by atoms with E-state index >= 15 is 0 Å². The molecule has 4 heteroatoms. The van der Waals surface area contributed by atoms with Crippen molar-refractivity contribution in [2.24, 2.45) is 0 Å². The van der Waals surface area contributed by atoms with Crippen LogP contribution in [0.1, 0.15) is 36.7 Å². The van der Waals surface area contributed by atoms with Gasteiger partial charge in [0.25, 0.3) is 0 Å². The van der Waals surface area contributed by atoms with Crippen LogP contribution in [0.5, 0.6) is 5.88 Å². The van der Waals surface area contributed by atoms with Gasteiger partial charge in [-0.1, -0.05) is 0 Å². The van der Waals surface area contributed by atoms with Crippen molar-refractivity contribution in [2.45, 2.75) is 26.3 Å². The van der Waals surface area contributed by atoms with Gasteiger partial charge in [-0.3, -0.25) is 4.79 Å². The maximum absolute atomic E-state index is 11.4. The predicted molar refractivity (Wildman–Crippen MR) is 47.1 cm³/mol. The van der Waals surface area contributed by atoms with Gasteiger partial charge in [-0.2, -0.15) is 5.10 Å². The van der Waals surface area contributed by atoms with Gasteiger partial charge < -0.3 is 4.74 Å². The molecule has 0 aromatic carbocycles. The molecule has 0 saturated heterocycles. The van der Waals surface area contributed by atoms with Gasteiger partial charge in [-0.15, -0.1) is 0 Å². The number of hydrogen-bond donors (Lipinski definition) is 0. The molecule has 0 N–H and O–H groups in total. The number of hydrogen-bond acceptors (Lipinski definition) is 3. The van der Waals surface area contributed by atoms with Crippen LogP contribution in [0.25, 0.3) is 0 Å². The second-order valence-electron chi connectivity index (χ2n) is 3.42. The zero-order valence-electron chi connectivity index (χ0n) is 7.78. The molecule has 0 spiro atoms. The lowest BCUT2D eigenvalue weighted by Gasteiger charge is -2.16. The summed E-state index contributed by atoms with van der Waals surface area (Å²) in [5.41, 5.74) is 0.625. The molecule has 0 bridgehead atoms. The highest BCUT2D eigenvalue weighted by Gasteiger charge is 2.24. The van der Waals surface area contributed by atoms with E-state index in [9.17, 15) is 4.79 Å². The van der Waals surface area contributed by atoms with Crippen molar-refractivity contribution in [3.63, 3.8) is 0 Å². The largest absolute Gasteiger partial charge is 0.477 e. The van der Waals surface area contributed by atoms with Crippen molar-refractivity contribution >= 4 is 5.78 Å². The van der Waals surface area contributed by atoms with E-state index in [1.165, 1.54) is 0 Å². The number of Topliss-reactive ketones (excluding diaryl/α,β-unsaturated/α-hetero) is 1. The molecule has 1 aliphatic rings. The molecule has 2 rings (SSSR count). The first kappa shape index (κ1) is 8.29. The number of ether oxygens (including phenoxy) is 1. The molecule has 1 aromatic heterocycles. The van der Waals surface area contributed by atoms with Crippen molar-refractivity contribution < 1.29 is 9.53 Å². The summed E-state index contributed by atoms with van der Waals surface area (Å²) in [5, 5.41) is 4.12. The number of ketones is 1.